The van der Waals surface area contributed by atoms with Gasteiger partial charge in [0.25, 0.3) is 0 Å². The normalized spacial score (nSPS) is 10.4. The maximum absolute atomic E-state index is 5.51. The quantitative estimate of drug-likeness (QED) is 0.215. The van der Waals surface area contributed by atoms with Gasteiger partial charge in [0.05, 0.1) is 0 Å². The minimum Gasteiger partial charge on any atom is -0.152 e. The Labute approximate surface area is 151 Å². The molecular formula is C24H16S. The zero-order valence-corrected chi connectivity index (χ0v) is 14.5. The molecule has 0 bridgehead atoms. The topological polar surface area (TPSA) is 0 Å². The summed E-state index contributed by atoms with van der Waals surface area (Å²) in [6.45, 7) is 0. The van der Waals surface area contributed by atoms with E-state index in [1.54, 1.807) is 11.3 Å². The van der Waals surface area contributed by atoms with Gasteiger partial charge >= 0.3 is 0 Å². The lowest BCUT2D eigenvalue weighted by Gasteiger charge is -2.03. The first-order valence-electron chi connectivity index (χ1n) is 8.14. The monoisotopic (exact) mass is 336 g/mol. The van der Waals surface area contributed by atoms with Crippen molar-refractivity contribution in [2.24, 2.45) is 0 Å². The van der Waals surface area contributed by atoms with Crippen molar-refractivity contribution < 1.29 is 0 Å². The average Bonchev–Trinajstić information content (AvgIpc) is 3.15. The SMILES string of the molecule is C#Cc1cccc2cc3ccccc3cc12.c1cc2ccscc-2c1. The lowest BCUT2D eigenvalue weighted by molar-refractivity contribution is 1.72. The van der Waals surface area contributed by atoms with Crippen LogP contribution >= 0.6 is 11.3 Å². The largest absolute Gasteiger partial charge is 0.152 e. The molecule has 2 aliphatic rings. The third-order valence-electron chi connectivity index (χ3n) is 4.31. The van der Waals surface area contributed by atoms with Crippen LogP contribution in [-0.2, 0) is 0 Å². The van der Waals surface area contributed by atoms with Crippen LogP contribution in [0.2, 0.25) is 0 Å². The van der Waals surface area contributed by atoms with Gasteiger partial charge in [-0.1, -0.05) is 60.5 Å². The van der Waals surface area contributed by atoms with E-state index < -0.39 is 0 Å². The molecule has 5 rings (SSSR count). The Kier molecular flexibility index (Phi) is 4.21. The number of rotatable bonds is 0. The number of benzene rings is 3. The molecule has 0 saturated carbocycles. The Bertz CT molecular complexity index is 1130. The molecular weight excluding hydrogens is 320 g/mol. The van der Waals surface area contributed by atoms with Gasteiger partial charge in [-0.25, -0.2) is 0 Å². The molecule has 3 aromatic carbocycles. The number of hydrogen-bond acceptors (Lipinski definition) is 1. The zero-order valence-electron chi connectivity index (χ0n) is 13.6. The molecule has 0 atom stereocenters. The first kappa shape index (κ1) is 15.4. The van der Waals surface area contributed by atoms with Crippen LogP contribution in [0.3, 0.4) is 0 Å². The average molecular weight is 336 g/mol. The van der Waals surface area contributed by atoms with Crippen molar-refractivity contribution >= 4 is 32.9 Å². The second-order valence-electron chi connectivity index (χ2n) is 5.86. The summed E-state index contributed by atoms with van der Waals surface area (Å²) >= 11 is 1.74. The third-order valence-corrected chi connectivity index (χ3v) is 4.99. The summed E-state index contributed by atoms with van der Waals surface area (Å²) in [5, 5.41) is 9.11. The van der Waals surface area contributed by atoms with E-state index in [2.05, 4.69) is 77.3 Å². The molecule has 0 nitrogen and oxygen atoms in total. The smallest absolute Gasteiger partial charge is 0.0321 e. The molecule has 0 saturated heterocycles. The lowest BCUT2D eigenvalue weighted by atomic mass is 10.0. The van der Waals surface area contributed by atoms with Crippen molar-refractivity contribution in [3.63, 3.8) is 0 Å². The molecule has 0 N–H and O–H groups in total. The van der Waals surface area contributed by atoms with Crippen LogP contribution in [0, 0.1) is 12.3 Å². The molecule has 0 radical (unpaired) electrons. The number of fused-ring (bicyclic) bond motifs is 3. The highest BCUT2D eigenvalue weighted by Crippen LogP contribution is 2.25. The summed E-state index contributed by atoms with van der Waals surface area (Å²) in [7, 11) is 0. The van der Waals surface area contributed by atoms with E-state index in [0.717, 1.165) is 10.9 Å². The fourth-order valence-electron chi connectivity index (χ4n) is 3.02. The van der Waals surface area contributed by atoms with Gasteiger partial charge in [0.15, 0.2) is 0 Å². The predicted octanol–water partition coefficient (Wildman–Crippen LogP) is 6.83. The number of terminal acetylenes is 1. The van der Waals surface area contributed by atoms with Crippen molar-refractivity contribution in [1.29, 1.82) is 0 Å². The summed E-state index contributed by atoms with van der Waals surface area (Å²) in [6, 6.07) is 27.3. The van der Waals surface area contributed by atoms with Crippen molar-refractivity contribution in [2.75, 3.05) is 0 Å². The molecule has 1 aliphatic carbocycles. The molecule has 0 amide bonds. The molecule has 3 aromatic rings. The first-order chi connectivity index (χ1) is 12.3. The van der Waals surface area contributed by atoms with Crippen molar-refractivity contribution in [1.82, 2.24) is 0 Å². The highest BCUT2D eigenvalue weighted by Gasteiger charge is 2.00. The Hall–Kier alpha value is -3.08. The Balaban J connectivity index is 0.000000147. The molecule has 0 aromatic heterocycles. The van der Waals surface area contributed by atoms with Crippen molar-refractivity contribution in [2.45, 2.75) is 0 Å². The van der Waals surface area contributed by atoms with Gasteiger partial charge in [0.1, 0.15) is 0 Å². The molecule has 0 spiro atoms. The van der Waals surface area contributed by atoms with Crippen molar-refractivity contribution in [3.05, 3.63) is 95.2 Å². The Morgan fingerprint density at radius 3 is 2.20 bits per heavy atom. The van der Waals surface area contributed by atoms with Gasteiger partial charge in [0.2, 0.25) is 0 Å². The molecule has 1 aliphatic heterocycles. The van der Waals surface area contributed by atoms with E-state index in [0.29, 0.717) is 0 Å². The highest BCUT2D eigenvalue weighted by molar-refractivity contribution is 7.07. The van der Waals surface area contributed by atoms with Crippen LogP contribution in [-0.4, -0.2) is 0 Å². The fourth-order valence-corrected chi connectivity index (χ4v) is 3.69. The van der Waals surface area contributed by atoms with Crippen LogP contribution in [0.4, 0.5) is 0 Å². The molecule has 1 heterocycles. The maximum atomic E-state index is 5.51. The van der Waals surface area contributed by atoms with E-state index >= 15 is 0 Å². The molecule has 118 valence electrons. The summed E-state index contributed by atoms with van der Waals surface area (Å²) < 4.78 is 0. The summed E-state index contributed by atoms with van der Waals surface area (Å²) in [5.41, 5.74) is 3.65. The molecule has 1 heteroatoms. The van der Waals surface area contributed by atoms with Gasteiger partial charge in [-0.15, -0.1) is 6.42 Å². The van der Waals surface area contributed by atoms with Crippen LogP contribution in [0.15, 0.2) is 89.6 Å². The lowest BCUT2D eigenvalue weighted by Crippen LogP contribution is -1.80. The summed E-state index contributed by atoms with van der Waals surface area (Å²) in [5.74, 6) is 2.73. The standard InChI is InChI=1S/C16H10.C8H6S/c1-2-12-8-5-9-15-10-13-6-3-4-7-14(13)11-16(12)15;1-2-7-4-5-9-6-8(7)3-1/h1,3-11H;1-6H. The summed E-state index contributed by atoms with van der Waals surface area (Å²) in [6.07, 6.45) is 5.51. The van der Waals surface area contributed by atoms with E-state index in [1.807, 2.05) is 18.2 Å². The molecule has 25 heavy (non-hydrogen) atoms. The third kappa shape index (κ3) is 3.13. The van der Waals surface area contributed by atoms with Gasteiger partial charge in [-0.3, -0.25) is 0 Å². The van der Waals surface area contributed by atoms with Crippen LogP contribution < -0.4 is 0 Å². The number of hydrogen-bond donors (Lipinski definition) is 0. The van der Waals surface area contributed by atoms with Gasteiger partial charge in [-0.2, -0.15) is 11.3 Å². The Morgan fingerprint density at radius 2 is 1.40 bits per heavy atom. The predicted molar refractivity (Wildman–Crippen MR) is 110 cm³/mol. The molecule has 0 unspecified atom stereocenters. The van der Waals surface area contributed by atoms with Crippen molar-refractivity contribution in [3.8, 4) is 23.5 Å². The van der Waals surface area contributed by atoms with Crippen LogP contribution in [0.1, 0.15) is 5.56 Å². The Morgan fingerprint density at radius 1 is 0.680 bits per heavy atom. The van der Waals surface area contributed by atoms with E-state index in [-0.39, 0.29) is 0 Å². The van der Waals surface area contributed by atoms with Gasteiger partial charge in [-0.05, 0) is 67.7 Å². The van der Waals surface area contributed by atoms with E-state index in [1.165, 1.54) is 27.3 Å². The zero-order chi connectivity index (χ0) is 17.1. The maximum Gasteiger partial charge on any atom is 0.0321 e. The summed E-state index contributed by atoms with van der Waals surface area (Å²) in [4.78, 5) is 0. The molecule has 0 fully saturated rings. The fraction of sp³-hybridized carbons (Fsp3) is 0. The van der Waals surface area contributed by atoms with E-state index in [9.17, 15) is 0 Å². The van der Waals surface area contributed by atoms with E-state index in [4.69, 9.17) is 6.42 Å². The van der Waals surface area contributed by atoms with Gasteiger partial charge < -0.3 is 0 Å². The second kappa shape index (κ2) is 6.81. The van der Waals surface area contributed by atoms with Crippen LogP contribution in [0.25, 0.3) is 32.7 Å². The minimum atomic E-state index is 0.961. The first-order valence-corrected chi connectivity index (χ1v) is 9.08. The van der Waals surface area contributed by atoms with Crippen LogP contribution in [0.5, 0.6) is 0 Å². The second-order valence-corrected chi connectivity index (χ2v) is 6.64. The van der Waals surface area contributed by atoms with Gasteiger partial charge in [0, 0.05) is 5.56 Å². The minimum absolute atomic E-state index is 0.961. The highest BCUT2D eigenvalue weighted by atomic mass is 32.1.